The Morgan fingerprint density at radius 2 is 2.21 bits per heavy atom. The number of carboxylic acids is 1. The van der Waals surface area contributed by atoms with Gasteiger partial charge < -0.3 is 5.11 Å². The molecule has 0 atom stereocenters. The van der Waals surface area contributed by atoms with Crippen LogP contribution >= 0.6 is 11.6 Å². The Labute approximate surface area is 85.4 Å². The van der Waals surface area contributed by atoms with Crippen LogP contribution in [0.4, 0.5) is 0 Å². The van der Waals surface area contributed by atoms with E-state index in [1.54, 1.807) is 13.8 Å². The zero-order valence-electron chi connectivity index (χ0n) is 7.77. The van der Waals surface area contributed by atoms with E-state index in [9.17, 15) is 9.70 Å². The predicted molar refractivity (Wildman–Crippen MR) is 50.6 cm³/mol. The molecule has 0 fully saturated rings. The second kappa shape index (κ2) is 3.79. The van der Waals surface area contributed by atoms with Gasteiger partial charge in [-0.3, -0.25) is 0 Å². The summed E-state index contributed by atoms with van der Waals surface area (Å²) in [5.41, 5.74) is -0.00324. The smallest absolute Gasteiger partial charge is 0.337 e. The van der Waals surface area contributed by atoms with E-state index >= 15 is 0 Å². The van der Waals surface area contributed by atoms with Gasteiger partial charge in [0.25, 0.3) is 0 Å². The first-order chi connectivity index (χ1) is 6.43. The fourth-order valence-electron chi connectivity index (χ4n) is 0.942. The third kappa shape index (κ3) is 1.93. The number of halogens is 1. The normalized spacial score (nSPS) is 10.6. The van der Waals surface area contributed by atoms with Crippen molar-refractivity contribution in [3.05, 3.63) is 27.9 Å². The zero-order valence-corrected chi connectivity index (χ0v) is 8.52. The summed E-state index contributed by atoms with van der Waals surface area (Å²) in [4.78, 5) is 22.6. The van der Waals surface area contributed by atoms with E-state index in [-0.39, 0.29) is 16.8 Å². The molecule has 14 heavy (non-hydrogen) atoms. The summed E-state index contributed by atoms with van der Waals surface area (Å²) in [5.74, 6) is -1.11. The lowest BCUT2D eigenvalue weighted by Crippen LogP contribution is -2.22. The zero-order chi connectivity index (χ0) is 10.9. The molecular formula is C8H10ClN2O3+. The average Bonchev–Trinajstić information content (AvgIpc) is 2.46. The molecule has 0 spiro atoms. The monoisotopic (exact) mass is 217 g/mol. The lowest BCUT2D eigenvalue weighted by Gasteiger charge is -1.96. The minimum atomic E-state index is -1.11. The average molecular weight is 218 g/mol. The minimum absolute atomic E-state index is 0.00324. The van der Waals surface area contributed by atoms with Gasteiger partial charge in [-0.15, -0.1) is 0 Å². The van der Waals surface area contributed by atoms with Gasteiger partial charge >= 0.3 is 5.97 Å². The quantitative estimate of drug-likeness (QED) is 0.786. The molecule has 0 aliphatic carbocycles. The van der Waals surface area contributed by atoms with Crippen molar-refractivity contribution in [2.45, 2.75) is 19.9 Å². The lowest BCUT2D eigenvalue weighted by molar-refractivity contribution is -0.632. The van der Waals surface area contributed by atoms with Crippen molar-refractivity contribution in [1.82, 2.24) is 4.68 Å². The SMILES string of the molecule is CC(C)[N+](=O)n1cc(C(=O)O)cc1Cl. The molecule has 0 aromatic carbocycles. The van der Waals surface area contributed by atoms with Crippen LogP contribution in [0, 0.1) is 4.91 Å². The molecule has 0 radical (unpaired) electrons. The van der Waals surface area contributed by atoms with Gasteiger partial charge in [0.1, 0.15) is 4.87 Å². The fraction of sp³-hybridized carbons (Fsp3) is 0.375. The van der Waals surface area contributed by atoms with Crippen LogP contribution in [0.2, 0.25) is 5.15 Å². The maximum atomic E-state index is 11.4. The molecule has 0 saturated carbocycles. The van der Waals surface area contributed by atoms with E-state index in [0.717, 1.165) is 4.68 Å². The van der Waals surface area contributed by atoms with Crippen LogP contribution in [0.15, 0.2) is 12.3 Å². The third-order valence-electron chi connectivity index (χ3n) is 1.66. The van der Waals surface area contributed by atoms with Crippen molar-refractivity contribution >= 4 is 17.6 Å². The number of nitroso groups, excluding NO2 is 1. The fourth-order valence-corrected chi connectivity index (χ4v) is 1.18. The van der Waals surface area contributed by atoms with E-state index in [4.69, 9.17) is 16.7 Å². The summed E-state index contributed by atoms with van der Waals surface area (Å²) in [5, 5.41) is 8.74. The van der Waals surface area contributed by atoms with Gasteiger partial charge in [0.05, 0.1) is 16.7 Å². The van der Waals surface area contributed by atoms with Crippen LogP contribution in [0.25, 0.3) is 0 Å². The first-order valence-electron chi connectivity index (χ1n) is 4.01. The van der Waals surface area contributed by atoms with Crippen molar-refractivity contribution in [2.24, 2.45) is 0 Å². The summed E-state index contributed by atoms with van der Waals surface area (Å²) in [6, 6.07) is 0.929. The first kappa shape index (κ1) is 10.7. The number of aromatic nitrogens is 1. The molecule has 6 heteroatoms. The van der Waals surface area contributed by atoms with Gasteiger partial charge in [-0.05, 0) is 6.07 Å². The van der Waals surface area contributed by atoms with Crippen molar-refractivity contribution in [1.29, 1.82) is 0 Å². The van der Waals surface area contributed by atoms with E-state index in [0.29, 0.717) is 4.87 Å². The molecule has 1 rings (SSSR count). The highest BCUT2D eigenvalue weighted by Gasteiger charge is 2.22. The second-order valence-electron chi connectivity index (χ2n) is 3.10. The molecule has 0 aliphatic rings. The van der Waals surface area contributed by atoms with Crippen molar-refractivity contribution in [3.63, 3.8) is 0 Å². The van der Waals surface area contributed by atoms with E-state index in [2.05, 4.69) is 0 Å². The number of hydrogen-bond donors (Lipinski definition) is 1. The van der Waals surface area contributed by atoms with Gasteiger partial charge in [-0.25, -0.2) is 4.79 Å². The van der Waals surface area contributed by atoms with E-state index in [1.807, 2.05) is 0 Å². The maximum absolute atomic E-state index is 11.4. The lowest BCUT2D eigenvalue weighted by atomic mass is 10.4. The Balaban J connectivity index is 3.11. The molecule has 1 heterocycles. The number of aromatic carboxylic acids is 1. The largest absolute Gasteiger partial charge is 0.478 e. The summed E-state index contributed by atoms with van der Waals surface area (Å²) in [6.45, 7) is 3.37. The number of hydrogen-bond acceptors (Lipinski definition) is 2. The number of carbonyl (C=O) groups is 1. The highest BCUT2D eigenvalue weighted by atomic mass is 35.5. The van der Waals surface area contributed by atoms with Gasteiger partial charge in [-0.1, -0.05) is 16.3 Å². The Bertz CT molecular complexity index is 384. The summed E-state index contributed by atoms with van der Waals surface area (Å²) in [7, 11) is 0. The molecule has 5 nitrogen and oxygen atoms in total. The summed E-state index contributed by atoms with van der Waals surface area (Å²) >= 11 is 5.69. The van der Waals surface area contributed by atoms with E-state index < -0.39 is 5.97 Å². The van der Waals surface area contributed by atoms with Crippen LogP contribution in [-0.4, -0.2) is 26.7 Å². The summed E-state index contributed by atoms with van der Waals surface area (Å²) in [6.07, 6.45) is 1.19. The number of nitrogens with zero attached hydrogens (tertiary/aromatic N) is 2. The molecule has 0 unspecified atom stereocenters. The molecule has 0 amide bonds. The van der Waals surface area contributed by atoms with Crippen LogP contribution in [0.3, 0.4) is 0 Å². The molecule has 1 N–H and O–H groups in total. The molecule has 1 aromatic heterocycles. The molecule has 1 aromatic rings. The van der Waals surface area contributed by atoms with E-state index in [1.165, 1.54) is 12.3 Å². The standard InChI is InChI=1S/C8H9ClN2O3/c1-5(2)11(14)10-4-6(8(12)13)3-7(10)9/h3-5H,1-2H3/p+1. The number of carboxylic acid groups (broad SMARTS) is 1. The Kier molecular flexibility index (Phi) is 2.90. The van der Waals surface area contributed by atoms with Crippen LogP contribution in [-0.2, 0) is 0 Å². The highest BCUT2D eigenvalue weighted by molar-refractivity contribution is 6.30. The minimum Gasteiger partial charge on any atom is -0.478 e. The highest BCUT2D eigenvalue weighted by Crippen LogP contribution is 2.14. The first-order valence-corrected chi connectivity index (χ1v) is 4.39. The topological polar surface area (TPSA) is 62.3 Å². The Morgan fingerprint density at radius 3 is 2.57 bits per heavy atom. The van der Waals surface area contributed by atoms with Crippen LogP contribution in [0.1, 0.15) is 24.2 Å². The Morgan fingerprint density at radius 1 is 1.64 bits per heavy atom. The van der Waals surface area contributed by atoms with Gasteiger partial charge in [0.2, 0.25) is 6.04 Å². The molecule has 0 bridgehead atoms. The molecular weight excluding hydrogens is 208 g/mol. The van der Waals surface area contributed by atoms with Gasteiger partial charge in [0.15, 0.2) is 5.15 Å². The van der Waals surface area contributed by atoms with Crippen molar-refractivity contribution in [2.75, 3.05) is 0 Å². The third-order valence-corrected chi connectivity index (χ3v) is 1.94. The van der Waals surface area contributed by atoms with Crippen LogP contribution < -0.4 is 0 Å². The van der Waals surface area contributed by atoms with Gasteiger partial charge in [0, 0.05) is 13.8 Å². The van der Waals surface area contributed by atoms with Crippen molar-refractivity contribution in [3.8, 4) is 0 Å². The molecule has 0 aliphatic heterocycles. The Hall–Kier alpha value is -1.36. The molecule has 76 valence electrons. The molecule has 0 saturated heterocycles. The van der Waals surface area contributed by atoms with Gasteiger partial charge in [-0.2, -0.15) is 0 Å². The predicted octanol–water partition coefficient (Wildman–Crippen LogP) is 1.79. The number of rotatable bonds is 3. The second-order valence-corrected chi connectivity index (χ2v) is 3.48. The maximum Gasteiger partial charge on any atom is 0.337 e. The summed E-state index contributed by atoms with van der Waals surface area (Å²) < 4.78 is 1.07. The van der Waals surface area contributed by atoms with Crippen molar-refractivity contribution < 1.29 is 14.8 Å². The van der Waals surface area contributed by atoms with Crippen LogP contribution in [0.5, 0.6) is 0 Å².